The summed E-state index contributed by atoms with van der Waals surface area (Å²) >= 11 is 0. The average molecular weight is 207 g/mol. The molecule has 2 aliphatic rings. The van der Waals surface area contributed by atoms with Gasteiger partial charge in [0.15, 0.2) is 0 Å². The lowest BCUT2D eigenvalue weighted by atomic mass is 9.79. The Morgan fingerprint density at radius 3 is 2.60 bits per heavy atom. The fourth-order valence-corrected chi connectivity index (χ4v) is 2.57. The Kier molecular flexibility index (Phi) is 2.87. The molecule has 0 saturated carbocycles. The van der Waals surface area contributed by atoms with Crippen LogP contribution in [0.4, 0.5) is 0 Å². The first-order chi connectivity index (χ1) is 7.07. The Labute approximate surface area is 92.6 Å². The second kappa shape index (κ2) is 4.01. The predicted molar refractivity (Wildman–Crippen MR) is 62.6 cm³/mol. The van der Waals surface area contributed by atoms with Gasteiger partial charge in [-0.15, -0.1) is 0 Å². The summed E-state index contributed by atoms with van der Waals surface area (Å²) in [5.41, 5.74) is 3.10. The molecule has 2 nitrogen and oxygen atoms in total. The maximum atomic E-state index is 5.38. The molecule has 0 aromatic rings. The van der Waals surface area contributed by atoms with E-state index in [1.54, 1.807) is 0 Å². The molecule has 0 aromatic carbocycles. The molecule has 0 unspecified atom stereocenters. The Balaban J connectivity index is 2.12. The van der Waals surface area contributed by atoms with Crippen molar-refractivity contribution in [3.8, 4) is 0 Å². The summed E-state index contributed by atoms with van der Waals surface area (Å²) in [4.78, 5) is 2.45. The van der Waals surface area contributed by atoms with Crippen LogP contribution in [-0.2, 0) is 4.74 Å². The van der Waals surface area contributed by atoms with E-state index in [-0.39, 0.29) is 5.41 Å². The molecule has 2 heteroatoms. The predicted octanol–water partition coefficient (Wildman–Crippen LogP) is 2.58. The van der Waals surface area contributed by atoms with Crippen LogP contribution >= 0.6 is 0 Å². The van der Waals surface area contributed by atoms with Gasteiger partial charge in [-0.1, -0.05) is 32.1 Å². The van der Waals surface area contributed by atoms with E-state index in [1.807, 2.05) is 0 Å². The Bertz CT molecular complexity index is 285. The third-order valence-electron chi connectivity index (χ3n) is 3.11. The first-order valence-electron chi connectivity index (χ1n) is 5.78. The number of morpholine rings is 1. The minimum atomic E-state index is 0.281. The van der Waals surface area contributed by atoms with E-state index in [0.717, 1.165) is 39.1 Å². The van der Waals surface area contributed by atoms with E-state index in [9.17, 15) is 0 Å². The van der Waals surface area contributed by atoms with Crippen molar-refractivity contribution in [1.29, 1.82) is 0 Å². The molecule has 1 fully saturated rings. The van der Waals surface area contributed by atoms with E-state index in [2.05, 4.69) is 31.4 Å². The van der Waals surface area contributed by atoms with E-state index < -0.39 is 0 Å². The van der Waals surface area contributed by atoms with E-state index in [4.69, 9.17) is 4.74 Å². The Morgan fingerprint density at radius 1 is 1.33 bits per heavy atom. The van der Waals surface area contributed by atoms with Crippen molar-refractivity contribution >= 4 is 0 Å². The van der Waals surface area contributed by atoms with Crippen LogP contribution in [0.25, 0.3) is 0 Å². The van der Waals surface area contributed by atoms with Gasteiger partial charge in [-0.3, -0.25) is 0 Å². The van der Waals surface area contributed by atoms with Crippen LogP contribution in [0.5, 0.6) is 0 Å². The largest absolute Gasteiger partial charge is 0.378 e. The third kappa shape index (κ3) is 2.63. The summed E-state index contributed by atoms with van der Waals surface area (Å²) in [5, 5.41) is 0. The van der Waals surface area contributed by atoms with Crippen molar-refractivity contribution in [2.24, 2.45) is 5.41 Å². The van der Waals surface area contributed by atoms with Gasteiger partial charge in [0.2, 0.25) is 0 Å². The molecule has 1 aliphatic carbocycles. The number of hydrogen-bond acceptors (Lipinski definition) is 2. The van der Waals surface area contributed by atoms with Gasteiger partial charge < -0.3 is 9.64 Å². The first kappa shape index (κ1) is 10.7. The molecule has 0 radical (unpaired) electrons. The minimum Gasteiger partial charge on any atom is -0.378 e. The highest BCUT2D eigenvalue weighted by atomic mass is 16.5. The molecule has 2 rings (SSSR count). The highest BCUT2D eigenvalue weighted by Crippen LogP contribution is 2.36. The molecule has 84 valence electrons. The van der Waals surface area contributed by atoms with Crippen LogP contribution in [-0.4, -0.2) is 31.2 Å². The number of rotatable bonds is 1. The molecule has 0 amide bonds. The number of nitrogens with zero attached hydrogens (tertiary/aromatic N) is 1. The molecule has 0 spiro atoms. The summed E-state index contributed by atoms with van der Waals surface area (Å²) in [7, 11) is 0. The Morgan fingerprint density at radius 2 is 2.00 bits per heavy atom. The molecule has 0 atom stereocenters. The monoisotopic (exact) mass is 207 g/mol. The van der Waals surface area contributed by atoms with Gasteiger partial charge in [0.25, 0.3) is 0 Å². The second-order valence-corrected chi connectivity index (χ2v) is 5.33. The van der Waals surface area contributed by atoms with Crippen molar-refractivity contribution < 1.29 is 4.74 Å². The highest BCUT2D eigenvalue weighted by molar-refractivity contribution is 5.23. The molecular formula is C13H21NO. The fraction of sp³-hybridized carbons (Fsp3) is 0.692. The summed E-state index contributed by atoms with van der Waals surface area (Å²) in [5.74, 6) is 0. The lowest BCUT2D eigenvalue weighted by Crippen LogP contribution is -2.37. The molecule has 15 heavy (non-hydrogen) atoms. The molecule has 0 bridgehead atoms. The summed E-state index contributed by atoms with van der Waals surface area (Å²) in [6, 6.07) is 0. The smallest absolute Gasteiger partial charge is 0.0642 e. The number of hydrogen-bond donors (Lipinski definition) is 0. The van der Waals surface area contributed by atoms with Gasteiger partial charge >= 0.3 is 0 Å². The molecule has 0 aromatic heterocycles. The lowest BCUT2D eigenvalue weighted by molar-refractivity contribution is 0.0513. The van der Waals surface area contributed by atoms with Crippen LogP contribution in [0, 0.1) is 5.41 Å². The third-order valence-corrected chi connectivity index (χ3v) is 3.11. The summed E-state index contributed by atoms with van der Waals surface area (Å²) in [6.45, 7) is 12.5. The van der Waals surface area contributed by atoms with Crippen LogP contribution in [0.2, 0.25) is 0 Å². The van der Waals surface area contributed by atoms with Gasteiger partial charge in [-0.05, 0) is 11.8 Å². The van der Waals surface area contributed by atoms with E-state index in [0.29, 0.717) is 0 Å². The van der Waals surface area contributed by atoms with E-state index in [1.165, 1.54) is 11.3 Å². The zero-order valence-corrected chi connectivity index (χ0v) is 9.88. The van der Waals surface area contributed by atoms with Gasteiger partial charge in [0, 0.05) is 25.2 Å². The maximum absolute atomic E-state index is 5.38. The first-order valence-corrected chi connectivity index (χ1v) is 5.78. The summed E-state index contributed by atoms with van der Waals surface area (Å²) in [6.07, 6.45) is 4.61. The highest BCUT2D eigenvalue weighted by Gasteiger charge is 2.25. The lowest BCUT2D eigenvalue weighted by Gasteiger charge is -2.37. The van der Waals surface area contributed by atoms with Crippen LogP contribution in [0.3, 0.4) is 0 Å². The molecule has 1 saturated heterocycles. The zero-order valence-electron chi connectivity index (χ0n) is 9.88. The second-order valence-electron chi connectivity index (χ2n) is 5.33. The van der Waals surface area contributed by atoms with Crippen LogP contribution < -0.4 is 0 Å². The van der Waals surface area contributed by atoms with Gasteiger partial charge in [-0.2, -0.15) is 0 Å². The SMILES string of the molecule is C=C1CC(N2CCOCC2)=CC(C)(C)C1. The standard InChI is InChI=1S/C13H21NO/c1-11-8-12(10-13(2,3)9-11)14-4-6-15-7-5-14/h10H,1,4-9H2,2-3H3. The normalized spacial score (nSPS) is 26.4. The van der Waals surface area contributed by atoms with Crippen LogP contribution in [0.15, 0.2) is 23.9 Å². The maximum Gasteiger partial charge on any atom is 0.0642 e. The topological polar surface area (TPSA) is 12.5 Å². The molecule has 0 N–H and O–H groups in total. The van der Waals surface area contributed by atoms with Gasteiger partial charge in [-0.25, -0.2) is 0 Å². The van der Waals surface area contributed by atoms with Crippen molar-refractivity contribution in [2.75, 3.05) is 26.3 Å². The molecular weight excluding hydrogens is 186 g/mol. The van der Waals surface area contributed by atoms with Crippen LogP contribution in [0.1, 0.15) is 26.7 Å². The minimum absolute atomic E-state index is 0.281. The average Bonchev–Trinajstić information content (AvgIpc) is 2.16. The number of allylic oxidation sites excluding steroid dienone is 2. The van der Waals surface area contributed by atoms with Crippen molar-refractivity contribution in [3.05, 3.63) is 23.9 Å². The Hall–Kier alpha value is -0.760. The van der Waals surface area contributed by atoms with Gasteiger partial charge in [0.05, 0.1) is 13.2 Å². The van der Waals surface area contributed by atoms with E-state index >= 15 is 0 Å². The summed E-state index contributed by atoms with van der Waals surface area (Å²) < 4.78 is 5.38. The van der Waals surface area contributed by atoms with Crippen molar-refractivity contribution in [2.45, 2.75) is 26.7 Å². The van der Waals surface area contributed by atoms with Gasteiger partial charge in [0.1, 0.15) is 0 Å². The van der Waals surface area contributed by atoms with Crippen molar-refractivity contribution in [1.82, 2.24) is 4.90 Å². The quantitative estimate of drug-likeness (QED) is 0.613. The fourth-order valence-electron chi connectivity index (χ4n) is 2.57. The number of ether oxygens (including phenoxy) is 1. The molecule has 1 aliphatic heterocycles. The molecule has 1 heterocycles. The zero-order chi connectivity index (χ0) is 10.9. The van der Waals surface area contributed by atoms with Crippen molar-refractivity contribution in [3.63, 3.8) is 0 Å².